The molecule has 1 aliphatic heterocycles. The van der Waals surface area contributed by atoms with E-state index in [4.69, 9.17) is 0 Å². The van der Waals surface area contributed by atoms with Crippen molar-refractivity contribution in [1.82, 2.24) is 29.8 Å². The quantitative estimate of drug-likeness (QED) is 0.479. The van der Waals surface area contributed by atoms with Crippen LogP contribution in [0, 0.1) is 24.6 Å². The summed E-state index contributed by atoms with van der Waals surface area (Å²) in [6.45, 7) is 8.59. The van der Waals surface area contributed by atoms with E-state index in [-0.39, 0.29) is 17.8 Å². The molecule has 0 aliphatic carbocycles. The maximum absolute atomic E-state index is 13.5. The van der Waals surface area contributed by atoms with Crippen molar-refractivity contribution >= 4 is 5.91 Å². The van der Waals surface area contributed by atoms with Crippen LogP contribution in [0.2, 0.25) is 0 Å². The molecule has 3 heterocycles. The number of benzene rings is 1. The number of likely N-dealkylation sites (tertiary alicyclic amines) is 1. The summed E-state index contributed by atoms with van der Waals surface area (Å²) in [6.07, 6.45) is 5.66. The Labute approximate surface area is 213 Å². The van der Waals surface area contributed by atoms with Gasteiger partial charge in [-0.05, 0) is 75.3 Å². The van der Waals surface area contributed by atoms with Crippen molar-refractivity contribution in [2.24, 2.45) is 18.9 Å². The predicted molar refractivity (Wildman–Crippen MR) is 139 cm³/mol. The van der Waals surface area contributed by atoms with Crippen LogP contribution in [0.25, 0.3) is 0 Å². The van der Waals surface area contributed by atoms with Crippen LogP contribution in [0.5, 0.6) is 0 Å². The van der Waals surface area contributed by atoms with E-state index in [0.717, 1.165) is 62.3 Å². The molecule has 1 N–H and O–H groups in total. The van der Waals surface area contributed by atoms with Gasteiger partial charge in [0.05, 0.1) is 5.69 Å². The number of piperidine rings is 1. The number of carbonyl (C=O) groups excluding carboxylic acids is 1. The zero-order chi connectivity index (χ0) is 25.8. The van der Waals surface area contributed by atoms with Crippen LogP contribution >= 0.6 is 0 Å². The first kappa shape index (κ1) is 26.1. The van der Waals surface area contributed by atoms with E-state index in [1.165, 1.54) is 17.7 Å². The van der Waals surface area contributed by atoms with Crippen LogP contribution in [0.1, 0.15) is 59.7 Å². The van der Waals surface area contributed by atoms with Crippen molar-refractivity contribution in [3.05, 3.63) is 70.6 Å². The number of aromatic amines is 1. The zero-order valence-corrected chi connectivity index (χ0v) is 22.2. The number of rotatable bonds is 9. The van der Waals surface area contributed by atoms with E-state index in [0.29, 0.717) is 17.5 Å². The Hall–Kier alpha value is -3.00. The van der Waals surface area contributed by atoms with Crippen LogP contribution in [-0.4, -0.2) is 61.9 Å². The number of amides is 1. The number of aromatic nitrogens is 4. The van der Waals surface area contributed by atoms with Crippen molar-refractivity contribution in [1.29, 1.82) is 0 Å². The zero-order valence-electron chi connectivity index (χ0n) is 22.2. The Balaban J connectivity index is 1.44. The van der Waals surface area contributed by atoms with Crippen molar-refractivity contribution in [2.75, 3.05) is 20.1 Å². The van der Waals surface area contributed by atoms with Gasteiger partial charge in [0, 0.05) is 50.2 Å². The Morgan fingerprint density at radius 2 is 1.89 bits per heavy atom. The van der Waals surface area contributed by atoms with E-state index in [1.54, 1.807) is 0 Å². The molecule has 1 aliphatic rings. The lowest BCUT2D eigenvalue weighted by Crippen LogP contribution is -2.46. The fourth-order valence-corrected chi connectivity index (χ4v) is 5.40. The van der Waals surface area contributed by atoms with Crippen LogP contribution < -0.4 is 0 Å². The van der Waals surface area contributed by atoms with Crippen molar-refractivity contribution in [3.63, 3.8) is 0 Å². The van der Waals surface area contributed by atoms with Gasteiger partial charge in [0.2, 0.25) is 0 Å². The van der Waals surface area contributed by atoms with Crippen molar-refractivity contribution < 1.29 is 9.18 Å². The van der Waals surface area contributed by atoms with Gasteiger partial charge in [-0.2, -0.15) is 10.2 Å². The molecule has 1 saturated heterocycles. The number of halogens is 1. The van der Waals surface area contributed by atoms with Gasteiger partial charge < -0.3 is 4.90 Å². The summed E-state index contributed by atoms with van der Waals surface area (Å²) in [6, 6.07) is 9.02. The van der Waals surface area contributed by atoms with Gasteiger partial charge in [-0.25, -0.2) is 4.39 Å². The molecule has 8 heteroatoms. The summed E-state index contributed by atoms with van der Waals surface area (Å²) in [5.74, 6) is 0.733. The largest absolute Gasteiger partial charge is 0.337 e. The van der Waals surface area contributed by atoms with Gasteiger partial charge in [-0.1, -0.05) is 26.0 Å². The Kier molecular flexibility index (Phi) is 8.24. The first-order chi connectivity index (χ1) is 17.2. The molecule has 36 heavy (non-hydrogen) atoms. The third-order valence-corrected chi connectivity index (χ3v) is 7.31. The molecule has 194 valence electrons. The first-order valence-electron chi connectivity index (χ1n) is 13.0. The van der Waals surface area contributed by atoms with Gasteiger partial charge in [0.15, 0.2) is 0 Å². The normalized spacial score (nSPS) is 15.7. The van der Waals surface area contributed by atoms with Gasteiger partial charge in [-0.3, -0.25) is 19.5 Å². The Morgan fingerprint density at radius 3 is 2.50 bits per heavy atom. The van der Waals surface area contributed by atoms with Crippen molar-refractivity contribution in [3.8, 4) is 0 Å². The van der Waals surface area contributed by atoms with Gasteiger partial charge in [0.25, 0.3) is 5.91 Å². The number of nitrogens with one attached hydrogen (secondary N) is 1. The second kappa shape index (κ2) is 11.4. The van der Waals surface area contributed by atoms with Crippen LogP contribution in [-0.2, 0) is 26.4 Å². The first-order valence-corrected chi connectivity index (χ1v) is 13.0. The maximum Gasteiger partial charge on any atom is 0.274 e. The lowest BCUT2D eigenvalue weighted by Gasteiger charge is -2.40. The maximum atomic E-state index is 13.5. The Morgan fingerprint density at radius 1 is 1.19 bits per heavy atom. The number of nitrogens with zero attached hydrogens (tertiary/aromatic N) is 5. The van der Waals surface area contributed by atoms with Crippen molar-refractivity contribution in [2.45, 2.75) is 59.0 Å². The van der Waals surface area contributed by atoms with E-state index in [1.807, 2.05) is 41.8 Å². The van der Waals surface area contributed by atoms with Gasteiger partial charge in [-0.15, -0.1) is 0 Å². The number of aryl methyl sites for hydroxylation is 2. The third-order valence-electron chi connectivity index (χ3n) is 7.31. The van der Waals surface area contributed by atoms with E-state index >= 15 is 0 Å². The molecule has 1 unspecified atom stereocenters. The molecule has 0 radical (unpaired) electrons. The molecule has 3 aromatic rings. The summed E-state index contributed by atoms with van der Waals surface area (Å²) in [7, 11) is 4.11. The van der Waals surface area contributed by atoms with Crippen LogP contribution in [0.4, 0.5) is 4.39 Å². The molecule has 0 bridgehead atoms. The minimum absolute atomic E-state index is 0.00845. The smallest absolute Gasteiger partial charge is 0.274 e. The predicted octanol–water partition coefficient (Wildman–Crippen LogP) is 4.38. The second-order valence-electron chi connectivity index (χ2n) is 10.7. The monoisotopic (exact) mass is 494 g/mol. The summed E-state index contributed by atoms with van der Waals surface area (Å²) in [5.41, 5.74) is 4.91. The second-order valence-corrected chi connectivity index (χ2v) is 10.7. The molecule has 0 spiro atoms. The molecule has 1 fully saturated rings. The highest BCUT2D eigenvalue weighted by atomic mass is 19.1. The number of hydrogen-bond acceptors (Lipinski definition) is 4. The molecular formula is C28H39FN6O. The van der Waals surface area contributed by atoms with Crippen LogP contribution in [0.15, 0.2) is 36.5 Å². The minimum Gasteiger partial charge on any atom is -0.337 e. The summed E-state index contributed by atoms with van der Waals surface area (Å²) >= 11 is 0. The molecule has 4 rings (SSSR count). The highest BCUT2D eigenvalue weighted by molar-refractivity contribution is 5.92. The molecule has 0 saturated carbocycles. The Bertz CT molecular complexity index is 1140. The van der Waals surface area contributed by atoms with Crippen LogP contribution in [0.3, 0.4) is 0 Å². The fraction of sp³-hybridized carbons (Fsp3) is 0.536. The molecular weight excluding hydrogens is 455 g/mol. The van der Waals surface area contributed by atoms with E-state index in [2.05, 4.69) is 47.3 Å². The molecule has 1 atom stereocenters. The molecule has 1 aromatic carbocycles. The summed E-state index contributed by atoms with van der Waals surface area (Å²) in [5, 5.41) is 11.8. The summed E-state index contributed by atoms with van der Waals surface area (Å²) in [4.78, 5) is 17.4. The summed E-state index contributed by atoms with van der Waals surface area (Å²) < 4.78 is 15.4. The van der Waals surface area contributed by atoms with Gasteiger partial charge in [0.1, 0.15) is 11.5 Å². The molecule has 1 amide bonds. The lowest BCUT2D eigenvalue weighted by atomic mass is 9.84. The average molecular weight is 495 g/mol. The fourth-order valence-electron chi connectivity index (χ4n) is 5.40. The lowest BCUT2D eigenvalue weighted by molar-refractivity contribution is 0.0597. The van der Waals surface area contributed by atoms with E-state index < -0.39 is 0 Å². The SMILES string of the molecule is Cc1nn(C)cc1CN(C)C(Cc1ccc(F)cc1)C1CCN(C(=O)c2cc(CC(C)C)[nH]n2)CC1. The number of carbonyl (C=O) groups is 1. The highest BCUT2D eigenvalue weighted by Gasteiger charge is 2.32. The van der Waals surface area contributed by atoms with Gasteiger partial charge >= 0.3 is 0 Å². The van der Waals surface area contributed by atoms with E-state index in [9.17, 15) is 9.18 Å². The molecule has 2 aromatic heterocycles. The standard InChI is InChI=1S/C28H39FN6O/c1-19(2)14-25-16-26(31-30-25)28(36)35-12-10-22(11-13-35)27(15-21-6-8-24(29)9-7-21)33(4)17-23-18-34(5)32-20(23)3/h6-9,16,18-19,22,27H,10-15,17H2,1-5H3,(H,30,31). The highest BCUT2D eigenvalue weighted by Crippen LogP contribution is 2.28. The topological polar surface area (TPSA) is 70.1 Å². The number of H-pyrrole nitrogens is 1. The third kappa shape index (κ3) is 6.40. The minimum atomic E-state index is -0.212. The number of hydrogen-bond donors (Lipinski definition) is 1. The average Bonchev–Trinajstić information content (AvgIpc) is 3.43. The number of likely N-dealkylation sites (N-methyl/N-ethyl adjacent to an activating group) is 1. The molecule has 7 nitrogen and oxygen atoms in total.